The van der Waals surface area contributed by atoms with Gasteiger partial charge in [-0.15, -0.1) is 0 Å². The van der Waals surface area contributed by atoms with Crippen molar-refractivity contribution in [2.45, 2.75) is 26.2 Å². The highest BCUT2D eigenvalue weighted by molar-refractivity contribution is 5.82. The summed E-state index contributed by atoms with van der Waals surface area (Å²) >= 11 is 0. The minimum Gasteiger partial charge on any atom is -0.0616 e. The molecule has 0 N–H and O–H groups in total. The lowest BCUT2D eigenvalue weighted by Crippen LogP contribution is -2.10. The van der Waals surface area contributed by atoms with Gasteiger partial charge in [0.25, 0.3) is 0 Å². The zero-order valence-corrected chi connectivity index (χ0v) is 8.96. The van der Waals surface area contributed by atoms with Crippen molar-refractivity contribution < 1.29 is 0 Å². The molecule has 0 spiro atoms. The third-order valence-electron chi connectivity index (χ3n) is 2.47. The highest BCUT2D eigenvalue weighted by Crippen LogP contribution is 2.25. The molecule has 0 aliphatic heterocycles. The van der Waals surface area contributed by atoms with Crippen LogP contribution in [0, 0.1) is 6.07 Å². The maximum atomic E-state index is 3.47. The average molecular weight is 183 g/mol. The van der Waals surface area contributed by atoms with Crippen LogP contribution in [0.15, 0.2) is 36.4 Å². The molecule has 71 valence electrons. The van der Waals surface area contributed by atoms with Gasteiger partial charge in [0.2, 0.25) is 0 Å². The Morgan fingerprint density at radius 1 is 0.929 bits per heavy atom. The first-order valence-corrected chi connectivity index (χ1v) is 4.99. The first kappa shape index (κ1) is 9.26. The molecule has 0 saturated carbocycles. The van der Waals surface area contributed by atoms with Crippen LogP contribution in [0.3, 0.4) is 0 Å². The van der Waals surface area contributed by atoms with Crippen LogP contribution < -0.4 is 0 Å². The lowest BCUT2D eigenvalue weighted by atomic mass is 9.86. The summed E-state index contributed by atoms with van der Waals surface area (Å²) in [4.78, 5) is 0. The van der Waals surface area contributed by atoms with Gasteiger partial charge in [0.1, 0.15) is 0 Å². The Bertz CT molecular complexity index is 447. The van der Waals surface area contributed by atoms with Crippen molar-refractivity contribution in [1.82, 2.24) is 0 Å². The van der Waals surface area contributed by atoms with Crippen LogP contribution in [0.1, 0.15) is 26.3 Å². The fourth-order valence-corrected chi connectivity index (χ4v) is 1.55. The Balaban J connectivity index is 2.63. The van der Waals surface area contributed by atoms with E-state index in [4.69, 9.17) is 0 Å². The van der Waals surface area contributed by atoms with E-state index in [1.807, 2.05) is 0 Å². The summed E-state index contributed by atoms with van der Waals surface area (Å²) in [7, 11) is 0. The minimum atomic E-state index is 0.185. The zero-order chi connectivity index (χ0) is 10.2. The number of fused-ring (bicyclic) bond motifs is 1. The van der Waals surface area contributed by atoms with Gasteiger partial charge in [0, 0.05) is 0 Å². The maximum absolute atomic E-state index is 3.47. The van der Waals surface area contributed by atoms with Crippen LogP contribution in [0.25, 0.3) is 10.8 Å². The summed E-state index contributed by atoms with van der Waals surface area (Å²) in [6, 6.07) is 16.2. The molecule has 1 radical (unpaired) electrons. The SMILES string of the molecule is CC(C)(C)c1[c]c2ccccc2cc1. The van der Waals surface area contributed by atoms with E-state index in [1.54, 1.807) is 0 Å². The summed E-state index contributed by atoms with van der Waals surface area (Å²) in [5, 5.41) is 2.47. The van der Waals surface area contributed by atoms with E-state index in [1.165, 1.54) is 16.3 Å². The van der Waals surface area contributed by atoms with E-state index in [0.29, 0.717) is 0 Å². The van der Waals surface area contributed by atoms with Gasteiger partial charge in [-0.25, -0.2) is 0 Å². The van der Waals surface area contributed by atoms with Crippen LogP contribution >= 0.6 is 0 Å². The van der Waals surface area contributed by atoms with Gasteiger partial charge in [0.15, 0.2) is 0 Å². The summed E-state index contributed by atoms with van der Waals surface area (Å²) in [5.74, 6) is 0. The summed E-state index contributed by atoms with van der Waals surface area (Å²) in [6.07, 6.45) is 0. The fourth-order valence-electron chi connectivity index (χ4n) is 1.55. The van der Waals surface area contributed by atoms with Crippen molar-refractivity contribution in [3.8, 4) is 0 Å². The molecule has 0 unspecified atom stereocenters. The second-order valence-corrected chi connectivity index (χ2v) is 4.71. The first-order valence-electron chi connectivity index (χ1n) is 4.99. The van der Waals surface area contributed by atoms with Gasteiger partial charge >= 0.3 is 0 Å². The molecule has 0 nitrogen and oxygen atoms in total. The average Bonchev–Trinajstić information content (AvgIpc) is 2.16. The Labute approximate surface area is 85.6 Å². The summed E-state index contributed by atoms with van der Waals surface area (Å²) < 4.78 is 0. The monoisotopic (exact) mass is 183 g/mol. The molecule has 0 fully saturated rings. The molecular formula is C14H15. The largest absolute Gasteiger partial charge is 0.0616 e. The molecule has 0 aromatic heterocycles. The number of hydrogen-bond acceptors (Lipinski definition) is 0. The Morgan fingerprint density at radius 3 is 2.36 bits per heavy atom. The van der Waals surface area contributed by atoms with Crippen LogP contribution in [-0.4, -0.2) is 0 Å². The second kappa shape index (κ2) is 3.13. The summed E-state index contributed by atoms with van der Waals surface area (Å²) in [6.45, 7) is 6.65. The maximum Gasteiger partial charge on any atom is -0.00587 e. The Hall–Kier alpha value is -1.30. The van der Waals surface area contributed by atoms with Gasteiger partial charge < -0.3 is 0 Å². The highest BCUT2D eigenvalue weighted by Gasteiger charge is 2.13. The lowest BCUT2D eigenvalue weighted by Gasteiger charge is -2.18. The summed E-state index contributed by atoms with van der Waals surface area (Å²) in [5.41, 5.74) is 1.46. The normalized spacial score (nSPS) is 11.9. The van der Waals surface area contributed by atoms with Gasteiger partial charge in [-0.1, -0.05) is 57.2 Å². The second-order valence-electron chi connectivity index (χ2n) is 4.71. The molecule has 14 heavy (non-hydrogen) atoms. The molecule has 0 heteroatoms. The van der Waals surface area contributed by atoms with Crippen molar-refractivity contribution in [3.63, 3.8) is 0 Å². The van der Waals surface area contributed by atoms with Crippen LogP contribution in [0.4, 0.5) is 0 Å². The molecule has 0 atom stereocenters. The quantitative estimate of drug-likeness (QED) is 0.580. The van der Waals surface area contributed by atoms with Crippen molar-refractivity contribution in [2.24, 2.45) is 0 Å². The van der Waals surface area contributed by atoms with Crippen LogP contribution in [0.2, 0.25) is 0 Å². The minimum absolute atomic E-state index is 0.185. The van der Waals surface area contributed by atoms with E-state index >= 15 is 0 Å². The molecule has 0 bridgehead atoms. The molecule has 0 aliphatic rings. The van der Waals surface area contributed by atoms with Crippen molar-refractivity contribution in [1.29, 1.82) is 0 Å². The van der Waals surface area contributed by atoms with Crippen LogP contribution in [0.5, 0.6) is 0 Å². The van der Waals surface area contributed by atoms with E-state index in [0.717, 1.165) is 0 Å². The smallest absolute Gasteiger partial charge is 0.00587 e. The molecule has 0 heterocycles. The van der Waals surface area contributed by atoms with Gasteiger partial charge in [-0.2, -0.15) is 0 Å². The zero-order valence-electron chi connectivity index (χ0n) is 8.96. The van der Waals surface area contributed by atoms with Gasteiger partial charge in [-0.3, -0.25) is 0 Å². The van der Waals surface area contributed by atoms with E-state index in [-0.39, 0.29) is 5.41 Å². The molecule has 2 aromatic rings. The predicted octanol–water partition coefficient (Wildman–Crippen LogP) is 3.94. The number of rotatable bonds is 0. The molecule has 0 saturated heterocycles. The standard InChI is InChI=1S/C14H15/c1-14(2,3)13-9-8-11-6-4-5-7-12(11)10-13/h4-9H,1-3H3. The Kier molecular flexibility index (Phi) is 2.07. The van der Waals surface area contributed by atoms with E-state index in [9.17, 15) is 0 Å². The molecule has 2 aromatic carbocycles. The number of hydrogen-bond donors (Lipinski definition) is 0. The molecule has 2 rings (SSSR count). The van der Waals surface area contributed by atoms with Gasteiger partial charge in [-0.05, 0) is 27.8 Å². The number of benzene rings is 2. The van der Waals surface area contributed by atoms with E-state index < -0.39 is 0 Å². The third kappa shape index (κ3) is 1.65. The Morgan fingerprint density at radius 2 is 1.64 bits per heavy atom. The lowest BCUT2D eigenvalue weighted by molar-refractivity contribution is 0.590. The van der Waals surface area contributed by atoms with Crippen LogP contribution in [-0.2, 0) is 5.41 Å². The predicted molar refractivity (Wildman–Crippen MR) is 61.5 cm³/mol. The first-order chi connectivity index (χ1) is 6.57. The van der Waals surface area contributed by atoms with Crippen molar-refractivity contribution >= 4 is 10.8 Å². The molecular weight excluding hydrogens is 168 g/mol. The van der Waals surface area contributed by atoms with Crippen molar-refractivity contribution in [2.75, 3.05) is 0 Å². The van der Waals surface area contributed by atoms with Gasteiger partial charge in [0.05, 0.1) is 0 Å². The third-order valence-corrected chi connectivity index (χ3v) is 2.47. The fraction of sp³-hybridized carbons (Fsp3) is 0.286. The molecule has 0 amide bonds. The topological polar surface area (TPSA) is 0 Å². The van der Waals surface area contributed by atoms with Crippen molar-refractivity contribution in [3.05, 3.63) is 48.0 Å². The molecule has 0 aliphatic carbocycles. The highest BCUT2D eigenvalue weighted by atomic mass is 14.2. The van der Waals surface area contributed by atoms with E-state index in [2.05, 4.69) is 63.2 Å².